The van der Waals surface area contributed by atoms with Crippen LogP contribution in [0.3, 0.4) is 0 Å². The van der Waals surface area contributed by atoms with Crippen molar-refractivity contribution in [3.63, 3.8) is 0 Å². The molecular weight excluding hydrogens is 334 g/mol. The van der Waals surface area contributed by atoms with Crippen LogP contribution in [-0.2, 0) is 32.1 Å². The van der Waals surface area contributed by atoms with Crippen molar-refractivity contribution < 1.29 is 23.8 Å². The van der Waals surface area contributed by atoms with Gasteiger partial charge in [-0.1, -0.05) is 42.5 Å². The Morgan fingerprint density at radius 3 is 2.42 bits per heavy atom. The third-order valence-electron chi connectivity index (χ3n) is 3.68. The Hall–Kier alpha value is -2.86. The molecule has 6 heteroatoms. The third kappa shape index (κ3) is 6.22. The highest BCUT2D eigenvalue weighted by molar-refractivity contribution is 5.85. The van der Waals surface area contributed by atoms with Gasteiger partial charge in [0, 0.05) is 13.5 Å². The second-order valence-corrected chi connectivity index (χ2v) is 5.70. The fourth-order valence-corrected chi connectivity index (χ4v) is 2.44. The Kier molecular flexibility index (Phi) is 7.64. The second-order valence-electron chi connectivity index (χ2n) is 5.70. The summed E-state index contributed by atoms with van der Waals surface area (Å²) in [6, 6.07) is 16.5. The first-order chi connectivity index (χ1) is 12.6. The number of carbonyl (C=O) groups is 2. The van der Waals surface area contributed by atoms with Gasteiger partial charge in [-0.3, -0.25) is 4.79 Å². The third-order valence-corrected chi connectivity index (χ3v) is 3.68. The lowest BCUT2D eigenvalue weighted by Gasteiger charge is -2.17. The van der Waals surface area contributed by atoms with Gasteiger partial charge in [0.05, 0.1) is 7.11 Å². The average Bonchev–Trinajstić information content (AvgIpc) is 2.66. The van der Waals surface area contributed by atoms with E-state index in [0.29, 0.717) is 18.8 Å². The molecule has 1 N–H and O–H groups in total. The molecule has 0 spiro atoms. The van der Waals surface area contributed by atoms with E-state index in [1.807, 2.05) is 54.6 Å². The fraction of sp³-hybridized carbons (Fsp3) is 0.300. The molecule has 0 aromatic heterocycles. The van der Waals surface area contributed by atoms with Crippen molar-refractivity contribution in [3.8, 4) is 5.75 Å². The van der Waals surface area contributed by atoms with E-state index < -0.39 is 12.0 Å². The number of ether oxygens (including phenoxy) is 3. The van der Waals surface area contributed by atoms with Crippen molar-refractivity contribution >= 4 is 11.9 Å². The SMILES string of the molecule is COCC(=O)N[C@H](Cc1cccc(OCc2ccccc2)c1)C(=O)OC. The maximum atomic E-state index is 11.9. The Morgan fingerprint density at radius 1 is 1.00 bits per heavy atom. The number of hydrogen-bond acceptors (Lipinski definition) is 5. The number of carbonyl (C=O) groups excluding carboxylic acids is 2. The van der Waals surface area contributed by atoms with Crippen molar-refractivity contribution in [2.45, 2.75) is 19.1 Å². The van der Waals surface area contributed by atoms with E-state index in [1.54, 1.807) is 0 Å². The van der Waals surface area contributed by atoms with Crippen molar-refractivity contribution in [3.05, 3.63) is 65.7 Å². The van der Waals surface area contributed by atoms with Crippen LogP contribution in [0.1, 0.15) is 11.1 Å². The number of nitrogens with one attached hydrogen (secondary N) is 1. The van der Waals surface area contributed by atoms with Gasteiger partial charge in [0.15, 0.2) is 0 Å². The molecule has 0 bridgehead atoms. The molecule has 0 radical (unpaired) electrons. The zero-order valence-electron chi connectivity index (χ0n) is 14.9. The maximum absolute atomic E-state index is 11.9. The van der Waals surface area contributed by atoms with Crippen molar-refractivity contribution in [2.24, 2.45) is 0 Å². The lowest BCUT2D eigenvalue weighted by molar-refractivity contribution is -0.145. The normalized spacial score (nSPS) is 11.5. The van der Waals surface area contributed by atoms with Gasteiger partial charge in [0.1, 0.15) is 25.0 Å². The molecule has 6 nitrogen and oxygen atoms in total. The van der Waals surface area contributed by atoms with Gasteiger partial charge in [-0.25, -0.2) is 4.79 Å². The van der Waals surface area contributed by atoms with Crippen LogP contribution in [-0.4, -0.2) is 38.7 Å². The zero-order valence-corrected chi connectivity index (χ0v) is 14.9. The molecule has 0 aliphatic heterocycles. The largest absolute Gasteiger partial charge is 0.489 e. The molecule has 2 aromatic rings. The number of esters is 1. The van der Waals surface area contributed by atoms with E-state index in [2.05, 4.69) is 5.32 Å². The summed E-state index contributed by atoms with van der Waals surface area (Å²) < 4.78 is 15.3. The highest BCUT2D eigenvalue weighted by Crippen LogP contribution is 2.17. The van der Waals surface area contributed by atoms with Crippen LogP contribution in [0.15, 0.2) is 54.6 Å². The van der Waals surface area contributed by atoms with Crippen molar-refractivity contribution in [1.29, 1.82) is 0 Å². The second kappa shape index (κ2) is 10.2. The molecule has 0 unspecified atom stereocenters. The average molecular weight is 357 g/mol. The Labute approximate surface area is 153 Å². The summed E-state index contributed by atoms with van der Waals surface area (Å²) in [4.78, 5) is 23.7. The maximum Gasteiger partial charge on any atom is 0.328 e. The standard InChI is InChI=1S/C20H23NO5/c1-24-14-19(22)21-18(20(23)25-2)12-16-9-6-10-17(11-16)26-13-15-7-4-3-5-8-15/h3-11,18H,12-14H2,1-2H3,(H,21,22)/t18-/m1/s1. The molecular formula is C20H23NO5. The van der Waals surface area contributed by atoms with E-state index in [-0.39, 0.29) is 12.5 Å². The van der Waals surface area contributed by atoms with Crippen LogP contribution < -0.4 is 10.1 Å². The van der Waals surface area contributed by atoms with Gasteiger partial charge in [0.2, 0.25) is 5.91 Å². The van der Waals surface area contributed by atoms with Crippen molar-refractivity contribution in [1.82, 2.24) is 5.32 Å². The smallest absolute Gasteiger partial charge is 0.328 e. The van der Waals surface area contributed by atoms with E-state index in [4.69, 9.17) is 14.2 Å². The minimum atomic E-state index is -0.785. The zero-order chi connectivity index (χ0) is 18.8. The van der Waals surface area contributed by atoms with Crippen LogP contribution in [0, 0.1) is 0 Å². The number of hydrogen-bond donors (Lipinski definition) is 1. The van der Waals surface area contributed by atoms with E-state index in [1.165, 1.54) is 14.2 Å². The van der Waals surface area contributed by atoms with E-state index in [0.717, 1.165) is 11.1 Å². The molecule has 0 fully saturated rings. The monoisotopic (exact) mass is 357 g/mol. The van der Waals surface area contributed by atoms with E-state index >= 15 is 0 Å². The summed E-state index contributed by atoms with van der Waals surface area (Å²) in [5.41, 5.74) is 1.92. The van der Waals surface area contributed by atoms with Gasteiger partial charge in [-0.15, -0.1) is 0 Å². The minimum absolute atomic E-state index is 0.117. The fourth-order valence-electron chi connectivity index (χ4n) is 2.44. The predicted octanol–water partition coefficient (Wildman–Crippen LogP) is 2.11. The topological polar surface area (TPSA) is 73.9 Å². The lowest BCUT2D eigenvalue weighted by atomic mass is 10.1. The molecule has 0 aliphatic rings. The summed E-state index contributed by atoms with van der Waals surface area (Å²) in [5, 5.41) is 2.62. The summed E-state index contributed by atoms with van der Waals surface area (Å²) in [5.74, 6) is -0.192. The first-order valence-electron chi connectivity index (χ1n) is 8.24. The lowest BCUT2D eigenvalue weighted by Crippen LogP contribution is -2.44. The molecule has 1 amide bonds. The quantitative estimate of drug-likeness (QED) is 0.696. The molecule has 0 saturated carbocycles. The first-order valence-corrected chi connectivity index (χ1v) is 8.24. The Morgan fingerprint density at radius 2 is 1.73 bits per heavy atom. The highest BCUT2D eigenvalue weighted by atomic mass is 16.5. The predicted molar refractivity (Wildman–Crippen MR) is 96.7 cm³/mol. The number of benzene rings is 2. The first kappa shape index (κ1) is 19.5. The Balaban J connectivity index is 2.01. The highest BCUT2D eigenvalue weighted by Gasteiger charge is 2.22. The van der Waals surface area contributed by atoms with Crippen molar-refractivity contribution in [2.75, 3.05) is 20.8 Å². The molecule has 0 aliphatic carbocycles. The van der Waals surface area contributed by atoms with Crippen LogP contribution in [0.4, 0.5) is 0 Å². The van der Waals surface area contributed by atoms with Crippen LogP contribution >= 0.6 is 0 Å². The molecule has 138 valence electrons. The number of rotatable bonds is 9. The summed E-state index contributed by atoms with van der Waals surface area (Å²) in [6.07, 6.45) is 0.296. The van der Waals surface area contributed by atoms with Crippen LogP contribution in [0.5, 0.6) is 5.75 Å². The van der Waals surface area contributed by atoms with Gasteiger partial charge < -0.3 is 19.5 Å². The molecule has 0 saturated heterocycles. The van der Waals surface area contributed by atoms with Gasteiger partial charge in [-0.05, 0) is 23.3 Å². The molecule has 2 aromatic carbocycles. The molecule has 1 atom stereocenters. The van der Waals surface area contributed by atoms with Gasteiger partial charge in [-0.2, -0.15) is 0 Å². The van der Waals surface area contributed by atoms with Crippen LogP contribution in [0.25, 0.3) is 0 Å². The number of amides is 1. The number of methoxy groups -OCH3 is 2. The van der Waals surface area contributed by atoms with Gasteiger partial charge in [0.25, 0.3) is 0 Å². The Bertz CT molecular complexity index is 717. The summed E-state index contributed by atoms with van der Waals surface area (Å²) in [6.45, 7) is 0.336. The molecule has 2 rings (SSSR count). The van der Waals surface area contributed by atoms with Crippen LogP contribution in [0.2, 0.25) is 0 Å². The van der Waals surface area contributed by atoms with Gasteiger partial charge >= 0.3 is 5.97 Å². The summed E-state index contributed by atoms with van der Waals surface area (Å²) >= 11 is 0. The summed E-state index contributed by atoms with van der Waals surface area (Å²) in [7, 11) is 2.71. The molecule has 26 heavy (non-hydrogen) atoms. The van der Waals surface area contributed by atoms with E-state index in [9.17, 15) is 9.59 Å². The minimum Gasteiger partial charge on any atom is -0.489 e. The molecule has 0 heterocycles.